The Bertz CT molecular complexity index is 1010. The molecule has 0 unspecified atom stereocenters. The van der Waals surface area contributed by atoms with E-state index in [2.05, 4.69) is 0 Å². The Morgan fingerprint density at radius 1 is 0.893 bits per heavy atom. The topological polar surface area (TPSA) is 26.3 Å². The Morgan fingerprint density at radius 3 is 2.29 bits per heavy atom. The third kappa shape index (κ3) is 4.16. The normalized spacial score (nSPS) is 11.0. The first-order valence-electron chi connectivity index (χ1n) is 8.98. The smallest absolute Gasteiger partial charge is 0.349 e. The number of ether oxygens (including phenoxy) is 1. The lowest BCUT2D eigenvalue weighted by molar-refractivity contribution is 0.0725. The second-order valence-electron chi connectivity index (χ2n) is 6.53. The monoisotopic (exact) mass is 390 g/mol. The number of rotatable bonds is 6. The molecule has 0 saturated carbocycles. The van der Waals surface area contributed by atoms with E-state index in [1.165, 1.54) is 24.3 Å². The van der Waals surface area contributed by atoms with Crippen molar-refractivity contribution in [3.63, 3.8) is 0 Å². The first kappa shape index (κ1) is 19.9. The van der Waals surface area contributed by atoms with Gasteiger partial charge in [-0.25, -0.2) is 22.4 Å². The van der Waals surface area contributed by atoms with E-state index >= 15 is 0 Å². The minimum Gasteiger partial charge on any atom is -0.423 e. The van der Waals surface area contributed by atoms with E-state index in [-0.39, 0.29) is 16.5 Å². The van der Waals surface area contributed by atoms with Crippen molar-refractivity contribution < 1.29 is 27.1 Å². The molecule has 0 aliphatic heterocycles. The number of fused-ring (bicyclic) bond motifs is 1. The van der Waals surface area contributed by atoms with E-state index in [9.17, 15) is 22.4 Å². The summed E-state index contributed by atoms with van der Waals surface area (Å²) >= 11 is 0. The maximum absolute atomic E-state index is 14.3. The van der Waals surface area contributed by atoms with Crippen molar-refractivity contribution in [2.75, 3.05) is 0 Å². The quantitative estimate of drug-likeness (QED) is 0.212. The fourth-order valence-corrected chi connectivity index (χ4v) is 3.01. The van der Waals surface area contributed by atoms with Crippen LogP contribution >= 0.6 is 0 Å². The average Bonchev–Trinajstić information content (AvgIpc) is 2.64. The Labute approximate surface area is 159 Å². The lowest BCUT2D eigenvalue weighted by atomic mass is 10.0. The van der Waals surface area contributed by atoms with Crippen molar-refractivity contribution in [1.82, 2.24) is 0 Å². The Balaban J connectivity index is 1.83. The third-order valence-corrected chi connectivity index (χ3v) is 4.46. The van der Waals surface area contributed by atoms with Crippen molar-refractivity contribution in [2.45, 2.75) is 32.6 Å². The molecular weight excluding hydrogens is 372 g/mol. The number of hydrogen-bond acceptors (Lipinski definition) is 2. The molecule has 0 fully saturated rings. The average molecular weight is 390 g/mol. The first-order chi connectivity index (χ1) is 13.4. The molecule has 2 nitrogen and oxygen atoms in total. The van der Waals surface area contributed by atoms with Gasteiger partial charge in [-0.2, -0.15) is 0 Å². The zero-order valence-electron chi connectivity index (χ0n) is 15.2. The van der Waals surface area contributed by atoms with Crippen molar-refractivity contribution >= 4 is 16.7 Å². The molecule has 0 atom stereocenters. The number of esters is 1. The van der Waals surface area contributed by atoms with E-state index in [4.69, 9.17) is 4.74 Å². The van der Waals surface area contributed by atoms with Crippen LogP contribution in [0.1, 0.15) is 42.1 Å². The number of unbranched alkanes of at least 4 members (excludes halogenated alkanes) is 2. The van der Waals surface area contributed by atoms with Crippen LogP contribution in [-0.2, 0) is 6.42 Å². The Morgan fingerprint density at radius 2 is 1.61 bits per heavy atom. The first-order valence-corrected chi connectivity index (χ1v) is 8.98. The zero-order chi connectivity index (χ0) is 20.3. The van der Waals surface area contributed by atoms with E-state index < -0.39 is 34.8 Å². The molecule has 0 aliphatic rings. The second kappa shape index (κ2) is 8.42. The highest BCUT2D eigenvalue weighted by Crippen LogP contribution is 2.26. The molecule has 0 spiro atoms. The molecule has 0 aromatic heterocycles. The molecular formula is C22H18F4O2. The minimum absolute atomic E-state index is 0.00796. The lowest BCUT2D eigenvalue weighted by Crippen LogP contribution is -2.14. The van der Waals surface area contributed by atoms with Gasteiger partial charge < -0.3 is 4.74 Å². The highest BCUT2D eigenvalue weighted by atomic mass is 19.2. The molecule has 0 amide bonds. The van der Waals surface area contributed by atoms with Gasteiger partial charge in [0.2, 0.25) is 0 Å². The summed E-state index contributed by atoms with van der Waals surface area (Å²) in [5.41, 5.74) is -0.312. The molecule has 0 bridgehead atoms. The number of benzene rings is 3. The van der Waals surface area contributed by atoms with E-state index in [1.54, 1.807) is 0 Å². The van der Waals surface area contributed by atoms with Crippen LogP contribution < -0.4 is 4.74 Å². The molecule has 3 aromatic rings. The zero-order valence-corrected chi connectivity index (χ0v) is 15.2. The summed E-state index contributed by atoms with van der Waals surface area (Å²) in [5.74, 6) is -5.24. The predicted octanol–water partition coefficient (Wildman–Crippen LogP) is 6.35. The molecule has 28 heavy (non-hydrogen) atoms. The van der Waals surface area contributed by atoms with E-state index in [0.29, 0.717) is 12.0 Å². The second-order valence-corrected chi connectivity index (χ2v) is 6.53. The predicted molar refractivity (Wildman–Crippen MR) is 98.4 cm³/mol. The van der Waals surface area contributed by atoms with Gasteiger partial charge in [0.1, 0.15) is 22.9 Å². The minimum atomic E-state index is -1.20. The third-order valence-electron chi connectivity index (χ3n) is 4.46. The largest absolute Gasteiger partial charge is 0.423 e. The molecule has 146 valence electrons. The number of hydrogen-bond donors (Lipinski definition) is 0. The molecule has 0 radical (unpaired) electrons. The number of carbonyl (C=O) groups excluding carboxylic acids is 1. The van der Waals surface area contributed by atoms with E-state index in [1.807, 2.05) is 6.92 Å². The van der Waals surface area contributed by atoms with Crippen molar-refractivity contribution in [3.8, 4) is 5.75 Å². The van der Waals surface area contributed by atoms with Gasteiger partial charge in [0.15, 0.2) is 11.6 Å². The van der Waals surface area contributed by atoms with E-state index in [0.717, 1.165) is 37.5 Å². The summed E-state index contributed by atoms with van der Waals surface area (Å²) in [6.07, 6.45) is 3.24. The summed E-state index contributed by atoms with van der Waals surface area (Å²) in [5, 5.41) is 0.296. The van der Waals surface area contributed by atoms with Gasteiger partial charge in [-0.15, -0.1) is 0 Å². The van der Waals surface area contributed by atoms with Gasteiger partial charge >= 0.3 is 5.97 Å². The van der Waals surface area contributed by atoms with Crippen LogP contribution in [0, 0.1) is 23.3 Å². The molecule has 3 aromatic carbocycles. The maximum atomic E-state index is 14.3. The van der Waals surface area contributed by atoms with Crippen LogP contribution in [-0.4, -0.2) is 5.97 Å². The Kier molecular flexibility index (Phi) is 5.97. The molecule has 0 N–H and O–H groups in total. The standard InChI is InChI=1S/C22H18F4O2/c1-2-3-4-5-13-10-18(24)20(19(25)11-13)22(27)28-15-7-8-16-14(12-15)6-9-17(23)21(16)26/h6-12H,2-5H2,1H3. The van der Waals surface area contributed by atoms with Crippen molar-refractivity contribution in [3.05, 3.63) is 76.9 Å². The van der Waals surface area contributed by atoms with Gasteiger partial charge in [0.05, 0.1) is 0 Å². The fourth-order valence-electron chi connectivity index (χ4n) is 3.01. The summed E-state index contributed by atoms with van der Waals surface area (Å²) in [6.45, 7) is 2.03. The summed E-state index contributed by atoms with van der Waals surface area (Å²) in [6, 6.07) is 8.29. The highest BCUT2D eigenvalue weighted by Gasteiger charge is 2.21. The van der Waals surface area contributed by atoms with Crippen LogP contribution in [0.3, 0.4) is 0 Å². The van der Waals surface area contributed by atoms with Crippen LogP contribution in [0.25, 0.3) is 10.8 Å². The van der Waals surface area contributed by atoms with Crippen LogP contribution in [0.5, 0.6) is 5.75 Å². The summed E-state index contributed by atoms with van der Waals surface area (Å²) in [7, 11) is 0. The van der Waals surface area contributed by atoms with Crippen LogP contribution in [0.15, 0.2) is 42.5 Å². The molecule has 6 heteroatoms. The summed E-state index contributed by atoms with van der Waals surface area (Å²) < 4.78 is 60.6. The number of aryl methyl sites for hydroxylation is 1. The van der Waals surface area contributed by atoms with Crippen LogP contribution in [0.2, 0.25) is 0 Å². The van der Waals surface area contributed by atoms with Gasteiger partial charge in [-0.1, -0.05) is 25.8 Å². The van der Waals surface area contributed by atoms with Gasteiger partial charge in [0.25, 0.3) is 0 Å². The highest BCUT2D eigenvalue weighted by molar-refractivity contribution is 5.92. The molecule has 0 saturated heterocycles. The van der Waals surface area contributed by atoms with Crippen LogP contribution in [0.4, 0.5) is 17.6 Å². The fraction of sp³-hybridized carbons (Fsp3) is 0.227. The lowest BCUT2D eigenvalue weighted by Gasteiger charge is -2.09. The SMILES string of the molecule is CCCCCc1cc(F)c(C(=O)Oc2ccc3c(F)c(F)ccc3c2)c(F)c1. The molecule has 0 heterocycles. The van der Waals surface area contributed by atoms with Crippen molar-refractivity contribution in [1.29, 1.82) is 0 Å². The molecule has 0 aliphatic carbocycles. The maximum Gasteiger partial charge on any atom is 0.349 e. The number of carbonyl (C=O) groups is 1. The van der Waals surface area contributed by atoms with Gasteiger partial charge in [0, 0.05) is 5.39 Å². The van der Waals surface area contributed by atoms with Gasteiger partial charge in [-0.3, -0.25) is 0 Å². The van der Waals surface area contributed by atoms with Crippen molar-refractivity contribution in [2.24, 2.45) is 0 Å². The Hall–Kier alpha value is -2.89. The molecule has 3 rings (SSSR count). The van der Waals surface area contributed by atoms with Gasteiger partial charge in [-0.05, 0) is 60.2 Å². The summed E-state index contributed by atoms with van der Waals surface area (Å²) in [4.78, 5) is 12.2. The number of halogens is 4.